The number of alkyl halides is 6. The van der Waals surface area contributed by atoms with E-state index < -0.39 is 37.6 Å². The SMILES string of the molecule is O=C(O)c1ccc(C(Cl)(Cl)CCl)c(C(Cl)(Cl)CCl)c1C(=O)O. The van der Waals surface area contributed by atoms with E-state index in [-0.39, 0.29) is 17.0 Å². The van der Waals surface area contributed by atoms with E-state index >= 15 is 0 Å². The van der Waals surface area contributed by atoms with Crippen molar-refractivity contribution in [1.29, 1.82) is 0 Å². The first-order chi connectivity index (χ1) is 9.99. The van der Waals surface area contributed by atoms with Gasteiger partial charge in [-0.05, 0) is 11.6 Å². The highest BCUT2D eigenvalue weighted by molar-refractivity contribution is 6.53. The van der Waals surface area contributed by atoms with E-state index in [1.807, 2.05) is 0 Å². The Hall–Kier alpha value is -0.100. The molecule has 0 amide bonds. The Morgan fingerprint density at radius 1 is 0.909 bits per heavy atom. The van der Waals surface area contributed by atoms with Gasteiger partial charge < -0.3 is 10.2 Å². The van der Waals surface area contributed by atoms with Gasteiger partial charge in [-0.3, -0.25) is 0 Å². The normalized spacial score (nSPS) is 12.3. The van der Waals surface area contributed by atoms with Crippen LogP contribution in [0.3, 0.4) is 0 Å². The van der Waals surface area contributed by atoms with Crippen LogP contribution in [-0.2, 0) is 8.67 Å². The maximum Gasteiger partial charge on any atom is 0.336 e. The first-order valence-electron chi connectivity index (χ1n) is 5.51. The minimum Gasteiger partial charge on any atom is -0.478 e. The van der Waals surface area contributed by atoms with Gasteiger partial charge in [-0.2, -0.15) is 0 Å². The summed E-state index contributed by atoms with van der Waals surface area (Å²) in [6, 6.07) is 2.24. The predicted molar refractivity (Wildman–Crippen MR) is 88.6 cm³/mol. The molecule has 22 heavy (non-hydrogen) atoms. The molecule has 4 nitrogen and oxygen atoms in total. The fourth-order valence-electron chi connectivity index (χ4n) is 1.83. The van der Waals surface area contributed by atoms with Crippen LogP contribution in [0.1, 0.15) is 31.8 Å². The van der Waals surface area contributed by atoms with Gasteiger partial charge in [0.25, 0.3) is 0 Å². The van der Waals surface area contributed by atoms with Crippen LogP contribution in [0.5, 0.6) is 0 Å². The van der Waals surface area contributed by atoms with E-state index in [9.17, 15) is 14.7 Å². The van der Waals surface area contributed by atoms with Crippen molar-refractivity contribution in [2.45, 2.75) is 8.67 Å². The topological polar surface area (TPSA) is 74.6 Å². The quantitative estimate of drug-likeness (QED) is 0.637. The van der Waals surface area contributed by atoms with Gasteiger partial charge in [0, 0.05) is 5.56 Å². The molecule has 10 heteroatoms. The molecule has 1 aromatic carbocycles. The highest BCUT2D eigenvalue weighted by Gasteiger charge is 2.41. The van der Waals surface area contributed by atoms with Crippen LogP contribution < -0.4 is 0 Å². The fraction of sp³-hybridized carbons (Fsp3) is 0.333. The Morgan fingerprint density at radius 3 is 1.77 bits per heavy atom. The Kier molecular flexibility index (Phi) is 6.53. The van der Waals surface area contributed by atoms with Crippen LogP contribution >= 0.6 is 69.6 Å². The van der Waals surface area contributed by atoms with Crippen molar-refractivity contribution in [2.75, 3.05) is 11.8 Å². The van der Waals surface area contributed by atoms with E-state index in [0.29, 0.717) is 0 Å². The summed E-state index contributed by atoms with van der Waals surface area (Å²) in [5.74, 6) is -3.80. The van der Waals surface area contributed by atoms with Crippen LogP contribution in [0.25, 0.3) is 0 Å². The van der Waals surface area contributed by atoms with Crippen LogP contribution in [-0.4, -0.2) is 33.9 Å². The molecule has 0 radical (unpaired) electrons. The second-order valence-electron chi connectivity index (χ2n) is 4.20. The average molecular weight is 429 g/mol. The lowest BCUT2D eigenvalue weighted by atomic mass is 9.91. The summed E-state index contributed by atoms with van der Waals surface area (Å²) in [4.78, 5) is 22.8. The zero-order chi connectivity index (χ0) is 17.3. The number of hydrogen-bond donors (Lipinski definition) is 2. The molecular weight excluding hydrogens is 421 g/mol. The second-order valence-corrected chi connectivity index (χ2v) is 7.70. The van der Waals surface area contributed by atoms with Crippen LogP contribution in [0.4, 0.5) is 0 Å². The minimum absolute atomic E-state index is 0.0288. The molecule has 0 saturated carbocycles. The van der Waals surface area contributed by atoms with Gasteiger partial charge in [0.1, 0.15) is 0 Å². The standard InChI is InChI=1S/C12H8Cl6O4/c13-3-11(15,16)6-2-1-5(9(19)20)7(10(21)22)8(6)12(17,18)4-14/h1-2H,3-4H2,(H,19,20)(H,21,22). The summed E-state index contributed by atoms with van der Waals surface area (Å²) in [6.07, 6.45) is 0. The third-order valence-electron chi connectivity index (χ3n) is 2.75. The molecule has 0 aliphatic rings. The number of carbonyl (C=O) groups is 2. The van der Waals surface area contributed by atoms with Crippen LogP contribution in [0.15, 0.2) is 12.1 Å². The third kappa shape index (κ3) is 3.86. The van der Waals surface area contributed by atoms with Gasteiger partial charge in [-0.1, -0.05) is 52.5 Å². The monoisotopic (exact) mass is 426 g/mol. The fourth-order valence-corrected chi connectivity index (χ4v) is 2.81. The first kappa shape index (κ1) is 19.9. The highest BCUT2D eigenvalue weighted by Crippen LogP contribution is 2.47. The van der Waals surface area contributed by atoms with Gasteiger partial charge in [0.05, 0.1) is 22.9 Å². The van der Waals surface area contributed by atoms with E-state index in [1.54, 1.807) is 0 Å². The first-order valence-corrected chi connectivity index (χ1v) is 8.09. The van der Waals surface area contributed by atoms with E-state index in [1.165, 1.54) is 6.07 Å². The molecule has 0 heterocycles. The summed E-state index contributed by atoms with van der Waals surface area (Å²) in [5.41, 5.74) is -1.50. The van der Waals surface area contributed by atoms with Crippen molar-refractivity contribution in [2.24, 2.45) is 0 Å². The maximum atomic E-state index is 11.5. The van der Waals surface area contributed by atoms with Crippen LogP contribution in [0.2, 0.25) is 0 Å². The number of halogens is 6. The third-order valence-corrected chi connectivity index (χ3v) is 5.41. The molecule has 122 valence electrons. The van der Waals surface area contributed by atoms with Crippen molar-refractivity contribution in [3.8, 4) is 0 Å². The lowest BCUT2D eigenvalue weighted by Crippen LogP contribution is -2.27. The number of aromatic carboxylic acids is 2. The minimum atomic E-state index is -1.93. The average Bonchev–Trinajstić information content (AvgIpc) is 2.45. The molecule has 2 N–H and O–H groups in total. The number of rotatable bonds is 6. The van der Waals surface area contributed by atoms with E-state index in [0.717, 1.165) is 6.07 Å². The van der Waals surface area contributed by atoms with Crippen molar-refractivity contribution in [3.63, 3.8) is 0 Å². The maximum absolute atomic E-state index is 11.5. The largest absolute Gasteiger partial charge is 0.478 e. The van der Waals surface area contributed by atoms with Gasteiger partial charge in [-0.25, -0.2) is 9.59 Å². The summed E-state index contributed by atoms with van der Waals surface area (Å²) in [5, 5.41) is 18.5. The molecule has 0 atom stereocenters. The van der Waals surface area contributed by atoms with Gasteiger partial charge in [-0.15, -0.1) is 23.2 Å². The Balaban J connectivity index is 3.95. The zero-order valence-electron chi connectivity index (χ0n) is 10.5. The second kappa shape index (κ2) is 7.20. The molecule has 0 aliphatic heterocycles. The summed E-state index contributed by atoms with van der Waals surface area (Å²) in [6.45, 7) is 0. The Labute approximate surface area is 155 Å². The smallest absolute Gasteiger partial charge is 0.336 e. The number of carboxylic acids is 2. The molecule has 0 saturated heterocycles. The van der Waals surface area contributed by atoms with Crippen molar-refractivity contribution in [1.82, 2.24) is 0 Å². The van der Waals surface area contributed by atoms with E-state index in [4.69, 9.17) is 74.7 Å². The summed E-state index contributed by atoms with van der Waals surface area (Å²) >= 11 is 35.6. The molecule has 1 rings (SSSR count). The van der Waals surface area contributed by atoms with E-state index in [2.05, 4.69) is 0 Å². The Morgan fingerprint density at radius 2 is 1.41 bits per heavy atom. The van der Waals surface area contributed by atoms with Crippen molar-refractivity contribution in [3.05, 3.63) is 34.4 Å². The van der Waals surface area contributed by atoms with Gasteiger partial charge >= 0.3 is 11.9 Å². The molecule has 1 aromatic rings. The molecule has 0 unspecified atom stereocenters. The molecule has 0 aliphatic carbocycles. The number of hydrogen-bond acceptors (Lipinski definition) is 2. The lowest BCUT2D eigenvalue weighted by molar-refractivity contribution is 0.0650. The molecule has 0 bridgehead atoms. The van der Waals surface area contributed by atoms with Crippen LogP contribution in [0, 0.1) is 0 Å². The highest BCUT2D eigenvalue weighted by atomic mass is 35.5. The number of carboxylic acid groups (broad SMARTS) is 2. The summed E-state index contributed by atoms with van der Waals surface area (Å²) in [7, 11) is 0. The molecule has 0 spiro atoms. The van der Waals surface area contributed by atoms with Crippen molar-refractivity contribution < 1.29 is 19.8 Å². The van der Waals surface area contributed by atoms with Gasteiger partial charge in [0.2, 0.25) is 0 Å². The van der Waals surface area contributed by atoms with Crippen molar-refractivity contribution >= 4 is 81.5 Å². The lowest BCUT2D eigenvalue weighted by Gasteiger charge is -2.28. The molecular formula is C12H8Cl6O4. The Bertz CT molecular complexity index is 614. The zero-order valence-corrected chi connectivity index (χ0v) is 15.1. The predicted octanol–water partition coefficient (Wildman–Crippen LogP) is 4.82. The number of benzene rings is 1. The van der Waals surface area contributed by atoms with Gasteiger partial charge in [0.15, 0.2) is 8.67 Å². The summed E-state index contributed by atoms with van der Waals surface area (Å²) < 4.78 is -3.67. The molecule has 0 aromatic heterocycles. The molecule has 0 fully saturated rings.